The van der Waals surface area contributed by atoms with Crippen molar-refractivity contribution in [3.05, 3.63) is 77.4 Å². The first kappa shape index (κ1) is 24.8. The van der Waals surface area contributed by atoms with E-state index in [1.165, 1.54) is 6.92 Å². The number of benzene rings is 2. The SMILES string of the molecule is CCCCc1cc2c(cc1-c1ncnc3ncn(Cc4ccccc4)c13)CC(C(C)=O)(C(=O)OCC)C2. The summed E-state index contributed by atoms with van der Waals surface area (Å²) in [4.78, 5) is 39.5. The maximum atomic E-state index is 13.0. The summed E-state index contributed by atoms with van der Waals surface area (Å²) in [5.74, 6) is -0.579. The van der Waals surface area contributed by atoms with Gasteiger partial charge in [-0.15, -0.1) is 0 Å². The van der Waals surface area contributed by atoms with Gasteiger partial charge in [0.15, 0.2) is 5.65 Å². The third kappa shape index (κ3) is 4.54. The lowest BCUT2D eigenvalue weighted by Gasteiger charge is -2.23. The Balaban J connectivity index is 1.64. The van der Waals surface area contributed by atoms with Crippen LogP contribution in [-0.4, -0.2) is 37.9 Å². The summed E-state index contributed by atoms with van der Waals surface area (Å²) in [5, 5.41) is 0. The van der Waals surface area contributed by atoms with E-state index in [9.17, 15) is 9.59 Å². The molecule has 1 unspecified atom stereocenters. The van der Waals surface area contributed by atoms with Crippen LogP contribution in [-0.2, 0) is 40.1 Å². The predicted octanol–water partition coefficient (Wildman–Crippen LogP) is 5.12. The van der Waals surface area contributed by atoms with Crippen LogP contribution >= 0.6 is 0 Å². The van der Waals surface area contributed by atoms with Gasteiger partial charge in [0.25, 0.3) is 0 Å². The fraction of sp³-hybridized carbons (Fsp3) is 0.367. The van der Waals surface area contributed by atoms with E-state index in [4.69, 9.17) is 9.72 Å². The summed E-state index contributed by atoms with van der Waals surface area (Å²) in [6.45, 7) is 6.35. The molecule has 37 heavy (non-hydrogen) atoms. The summed E-state index contributed by atoms with van der Waals surface area (Å²) in [6.07, 6.45) is 7.06. The Hall–Kier alpha value is -3.87. The van der Waals surface area contributed by atoms with Crippen molar-refractivity contribution in [3.8, 4) is 11.3 Å². The summed E-state index contributed by atoms with van der Waals surface area (Å²) < 4.78 is 7.45. The van der Waals surface area contributed by atoms with Gasteiger partial charge in [-0.05, 0) is 67.9 Å². The van der Waals surface area contributed by atoms with E-state index in [-0.39, 0.29) is 12.4 Å². The number of carbonyl (C=O) groups excluding carboxylic acids is 2. The molecule has 190 valence electrons. The van der Waals surface area contributed by atoms with Gasteiger partial charge in [0, 0.05) is 12.1 Å². The molecule has 7 heteroatoms. The molecule has 0 spiro atoms. The van der Waals surface area contributed by atoms with Crippen LogP contribution in [0.3, 0.4) is 0 Å². The highest BCUT2D eigenvalue weighted by atomic mass is 16.5. The minimum Gasteiger partial charge on any atom is -0.465 e. The summed E-state index contributed by atoms with van der Waals surface area (Å²) in [6, 6.07) is 14.6. The number of aromatic nitrogens is 4. The number of aryl methyl sites for hydroxylation is 1. The zero-order valence-corrected chi connectivity index (χ0v) is 21.7. The summed E-state index contributed by atoms with van der Waals surface area (Å²) in [7, 11) is 0. The predicted molar refractivity (Wildman–Crippen MR) is 142 cm³/mol. The minimum atomic E-state index is -1.16. The molecule has 0 radical (unpaired) electrons. The largest absolute Gasteiger partial charge is 0.465 e. The highest BCUT2D eigenvalue weighted by molar-refractivity contribution is 6.04. The lowest BCUT2D eigenvalue weighted by Crippen LogP contribution is -2.40. The number of nitrogens with zero attached hydrogens (tertiary/aromatic N) is 4. The van der Waals surface area contributed by atoms with Crippen molar-refractivity contribution in [1.29, 1.82) is 0 Å². The minimum absolute atomic E-state index is 0.149. The van der Waals surface area contributed by atoms with Gasteiger partial charge in [-0.1, -0.05) is 49.7 Å². The molecule has 0 saturated heterocycles. The summed E-state index contributed by atoms with van der Waals surface area (Å²) >= 11 is 0. The number of unbranched alkanes of at least 4 members (excludes halogenated alkanes) is 1. The zero-order chi connectivity index (χ0) is 26.0. The van der Waals surface area contributed by atoms with Gasteiger partial charge in [-0.3, -0.25) is 9.59 Å². The average Bonchev–Trinajstić information content (AvgIpc) is 3.50. The molecule has 0 saturated carbocycles. The van der Waals surface area contributed by atoms with Gasteiger partial charge < -0.3 is 9.30 Å². The number of carbonyl (C=O) groups is 2. The van der Waals surface area contributed by atoms with Crippen LogP contribution in [0.15, 0.2) is 55.1 Å². The molecule has 0 N–H and O–H groups in total. The molecule has 1 aliphatic carbocycles. The number of Topliss-reactive ketones (excluding diaryl/α,β-unsaturated/α-hetero) is 1. The first-order valence-corrected chi connectivity index (χ1v) is 13.0. The van der Waals surface area contributed by atoms with Crippen LogP contribution in [0.5, 0.6) is 0 Å². The topological polar surface area (TPSA) is 87.0 Å². The van der Waals surface area contributed by atoms with Crippen molar-refractivity contribution < 1.29 is 14.3 Å². The van der Waals surface area contributed by atoms with Crippen LogP contribution in [0.2, 0.25) is 0 Å². The van der Waals surface area contributed by atoms with Gasteiger partial charge >= 0.3 is 5.97 Å². The van der Waals surface area contributed by atoms with Gasteiger partial charge in [-0.25, -0.2) is 15.0 Å². The fourth-order valence-electron chi connectivity index (χ4n) is 5.39. The second-order valence-electron chi connectivity index (χ2n) is 9.85. The zero-order valence-electron chi connectivity index (χ0n) is 21.7. The van der Waals surface area contributed by atoms with Crippen LogP contribution in [0, 0.1) is 5.41 Å². The monoisotopic (exact) mass is 496 g/mol. The van der Waals surface area contributed by atoms with Crippen LogP contribution < -0.4 is 0 Å². The Kier molecular flexibility index (Phi) is 6.87. The van der Waals surface area contributed by atoms with Gasteiger partial charge in [0.1, 0.15) is 23.0 Å². The van der Waals surface area contributed by atoms with E-state index in [1.54, 1.807) is 13.3 Å². The van der Waals surface area contributed by atoms with Gasteiger partial charge in [-0.2, -0.15) is 0 Å². The molecule has 1 atom stereocenters. The molecule has 0 amide bonds. The lowest BCUT2D eigenvalue weighted by atomic mass is 9.81. The first-order chi connectivity index (χ1) is 18.0. The third-order valence-corrected chi connectivity index (χ3v) is 7.41. The molecular formula is C30H32N4O3. The second-order valence-corrected chi connectivity index (χ2v) is 9.85. The van der Waals surface area contributed by atoms with E-state index in [0.29, 0.717) is 25.0 Å². The molecule has 2 aromatic heterocycles. The average molecular weight is 497 g/mol. The normalized spacial score (nSPS) is 16.6. The fourth-order valence-corrected chi connectivity index (χ4v) is 5.39. The standard InChI is InChI=1S/C30H32N4O3/c1-4-6-12-22-13-23-15-30(20(3)35,29(36)37-5-2)16-24(23)14-25(22)26-27-28(32-18-31-26)33-19-34(27)17-21-10-8-7-9-11-21/h7-11,13-14,18-19H,4-6,12,15-17H2,1-3H3. The number of imidazole rings is 1. The lowest BCUT2D eigenvalue weighted by molar-refractivity contribution is -0.159. The molecule has 0 fully saturated rings. The highest BCUT2D eigenvalue weighted by Gasteiger charge is 2.49. The maximum absolute atomic E-state index is 13.0. The summed E-state index contributed by atoms with van der Waals surface area (Å²) in [5.41, 5.74) is 6.57. The molecule has 4 aromatic rings. The molecular weight excluding hydrogens is 464 g/mol. The van der Waals surface area contributed by atoms with E-state index >= 15 is 0 Å². The first-order valence-electron chi connectivity index (χ1n) is 13.0. The van der Waals surface area contributed by atoms with Crippen LogP contribution in [0.4, 0.5) is 0 Å². The van der Waals surface area contributed by atoms with E-state index < -0.39 is 11.4 Å². The maximum Gasteiger partial charge on any atom is 0.320 e. The molecule has 2 heterocycles. The highest BCUT2D eigenvalue weighted by Crippen LogP contribution is 2.42. The van der Waals surface area contributed by atoms with Gasteiger partial charge in [0.2, 0.25) is 0 Å². The van der Waals surface area contributed by atoms with Crippen molar-refractivity contribution in [2.75, 3.05) is 6.61 Å². The van der Waals surface area contributed by atoms with E-state index in [1.807, 2.05) is 24.5 Å². The van der Waals surface area contributed by atoms with Crippen molar-refractivity contribution >= 4 is 22.9 Å². The number of rotatable bonds is 9. The number of ether oxygens (including phenoxy) is 1. The Bertz CT molecular complexity index is 1460. The Labute approximate surface area is 216 Å². The number of fused-ring (bicyclic) bond motifs is 2. The number of hydrogen-bond donors (Lipinski definition) is 0. The van der Waals surface area contributed by atoms with Crippen molar-refractivity contribution in [1.82, 2.24) is 19.5 Å². The van der Waals surface area contributed by atoms with Crippen molar-refractivity contribution in [2.24, 2.45) is 5.41 Å². The van der Waals surface area contributed by atoms with Crippen LogP contribution in [0.1, 0.15) is 55.9 Å². The Morgan fingerprint density at radius 1 is 1.03 bits per heavy atom. The molecule has 0 aliphatic heterocycles. The smallest absolute Gasteiger partial charge is 0.320 e. The molecule has 7 nitrogen and oxygen atoms in total. The van der Waals surface area contributed by atoms with Crippen LogP contribution in [0.25, 0.3) is 22.4 Å². The molecule has 5 rings (SSSR count). The molecule has 2 aromatic carbocycles. The van der Waals surface area contributed by atoms with Gasteiger partial charge in [0.05, 0.1) is 18.6 Å². The van der Waals surface area contributed by atoms with Crippen molar-refractivity contribution in [2.45, 2.75) is 59.4 Å². The van der Waals surface area contributed by atoms with E-state index in [0.717, 1.165) is 58.3 Å². The molecule has 0 bridgehead atoms. The quantitative estimate of drug-likeness (QED) is 0.236. The Morgan fingerprint density at radius 3 is 2.49 bits per heavy atom. The van der Waals surface area contributed by atoms with Crippen molar-refractivity contribution in [3.63, 3.8) is 0 Å². The number of ketones is 1. The third-order valence-electron chi connectivity index (χ3n) is 7.41. The molecule has 1 aliphatic rings. The number of hydrogen-bond acceptors (Lipinski definition) is 6. The number of esters is 1. The second kappa shape index (κ2) is 10.2. The Morgan fingerprint density at radius 2 is 1.78 bits per heavy atom. The van der Waals surface area contributed by atoms with E-state index in [2.05, 4.69) is 45.7 Å².